The number of aliphatic carboxylic acids is 2. The van der Waals surface area contributed by atoms with E-state index in [1.807, 2.05) is 0 Å². The summed E-state index contributed by atoms with van der Waals surface area (Å²) in [6.45, 7) is 3.33. The minimum Gasteiger partial charge on any atom is -0.479 e. The Bertz CT molecular complexity index is 2240. The number of nitrogens with zero attached hydrogens (tertiary/aromatic N) is 5. The van der Waals surface area contributed by atoms with Crippen LogP contribution in [0.15, 0.2) is 47.8 Å². The first-order valence-electron chi connectivity index (χ1n) is 14.9. The molecule has 7 rings (SSSR count). The number of pyridine rings is 2. The van der Waals surface area contributed by atoms with Crippen LogP contribution in [0.1, 0.15) is 43.2 Å². The number of nitrogens with one attached hydrogen (secondary N) is 4. The summed E-state index contributed by atoms with van der Waals surface area (Å²) < 4.78 is 0. The van der Waals surface area contributed by atoms with Gasteiger partial charge in [-0.2, -0.15) is 0 Å². The van der Waals surface area contributed by atoms with Gasteiger partial charge in [-0.3, -0.25) is 30.0 Å². The van der Waals surface area contributed by atoms with Gasteiger partial charge in [-0.25, -0.2) is 19.6 Å². The molecule has 2 aromatic heterocycles. The van der Waals surface area contributed by atoms with Crippen molar-refractivity contribution in [3.63, 3.8) is 0 Å². The molecule has 0 aliphatic carbocycles. The molecule has 0 fully saturated rings. The van der Waals surface area contributed by atoms with Gasteiger partial charge in [0.05, 0.1) is 50.6 Å². The fourth-order valence-electron chi connectivity index (χ4n) is 6.72. The number of hydrazine groups is 3. The number of hydrogen-bond acceptors (Lipinski definition) is 11. The molecule has 0 saturated heterocycles. The topological polar surface area (TPSA) is 192 Å². The largest absolute Gasteiger partial charge is 0.479 e. The van der Waals surface area contributed by atoms with Gasteiger partial charge in [-0.1, -0.05) is 12.1 Å². The molecule has 0 radical (unpaired) electrons. The average Bonchev–Trinajstić information content (AvgIpc) is 3.00. The lowest BCUT2D eigenvalue weighted by Crippen LogP contribution is -2.56. The number of carbonyl (C=O) groups is 4. The van der Waals surface area contributed by atoms with Crippen LogP contribution in [0, 0.1) is 13.8 Å². The Balaban J connectivity index is 1.67. The maximum atomic E-state index is 14.4. The summed E-state index contributed by atoms with van der Waals surface area (Å²) in [5, 5.41) is 29.8. The zero-order valence-electron chi connectivity index (χ0n) is 26.8. The number of carbonyl (C=O) groups excluding carboxylic acids is 2. The van der Waals surface area contributed by atoms with Crippen LogP contribution < -0.4 is 21.6 Å². The van der Waals surface area contributed by atoms with Crippen LogP contribution in [0.4, 0.5) is 11.4 Å². The Kier molecular flexibility index (Phi) is 6.85. The number of anilines is 2. The summed E-state index contributed by atoms with van der Waals surface area (Å²) >= 11 is 0. The number of aryl methyl sites for hydroxylation is 2. The maximum Gasteiger partial charge on any atom is 0.354 e. The normalized spacial score (nSPS) is 16.8. The molecule has 1 unspecified atom stereocenters. The molecule has 4 aromatic rings. The van der Waals surface area contributed by atoms with Gasteiger partial charge in [-0.15, -0.1) is 0 Å². The third-order valence-corrected chi connectivity index (χ3v) is 8.48. The lowest BCUT2D eigenvalue weighted by atomic mass is 9.84. The molecule has 15 heteroatoms. The number of benzene rings is 2. The SMILES string of the molecule is Cc1nc2ccc3cc2c(NN(C)C)c1C(=O)NC1=C2c4ccc5nc(C)c(c(NN(C)C)c5c4)C(=O)NN(C(C(=O)O)=C13)C2C(=O)O. The van der Waals surface area contributed by atoms with Crippen LogP contribution in [0.25, 0.3) is 33.0 Å². The van der Waals surface area contributed by atoms with Gasteiger partial charge in [0.25, 0.3) is 11.8 Å². The maximum absolute atomic E-state index is 14.4. The lowest BCUT2D eigenvalue weighted by Gasteiger charge is -2.40. The fourth-order valence-corrected chi connectivity index (χ4v) is 6.72. The molecule has 1 atom stereocenters. The summed E-state index contributed by atoms with van der Waals surface area (Å²) in [6, 6.07) is 8.38. The number of amides is 2. The quantitative estimate of drug-likeness (QED) is 0.167. The Morgan fingerprint density at radius 2 is 1.33 bits per heavy atom. The van der Waals surface area contributed by atoms with Crippen molar-refractivity contribution in [1.29, 1.82) is 0 Å². The first-order valence-corrected chi connectivity index (χ1v) is 14.9. The zero-order chi connectivity index (χ0) is 34.3. The van der Waals surface area contributed by atoms with Crippen LogP contribution in [0.5, 0.6) is 0 Å². The number of fused-ring (bicyclic) bond motifs is 9. The van der Waals surface area contributed by atoms with Gasteiger partial charge in [0.2, 0.25) is 0 Å². The van der Waals surface area contributed by atoms with Crippen LogP contribution in [0.2, 0.25) is 0 Å². The second-order valence-corrected chi connectivity index (χ2v) is 12.2. The third kappa shape index (κ3) is 4.51. The predicted molar refractivity (Wildman–Crippen MR) is 177 cm³/mol. The average molecular weight is 650 g/mol. The molecular weight excluding hydrogens is 618 g/mol. The molecule has 3 aliphatic rings. The Hall–Kier alpha value is -6.06. The number of carboxylic acids is 2. The van der Waals surface area contributed by atoms with Crippen LogP contribution >= 0.6 is 0 Å². The van der Waals surface area contributed by atoms with Gasteiger partial charge in [-0.05, 0) is 49.2 Å². The van der Waals surface area contributed by atoms with Crippen molar-refractivity contribution in [3.8, 4) is 0 Å². The van der Waals surface area contributed by atoms with Crippen molar-refractivity contribution in [1.82, 2.24) is 35.7 Å². The highest BCUT2D eigenvalue weighted by atomic mass is 16.4. The molecule has 2 amide bonds. The minimum absolute atomic E-state index is 0.00674. The number of hydrogen-bond donors (Lipinski definition) is 6. The molecule has 8 bridgehead atoms. The van der Waals surface area contributed by atoms with E-state index >= 15 is 0 Å². The molecule has 0 spiro atoms. The van der Waals surface area contributed by atoms with Crippen molar-refractivity contribution in [3.05, 3.63) is 81.4 Å². The minimum atomic E-state index is -1.77. The van der Waals surface area contributed by atoms with Crippen molar-refractivity contribution in [2.45, 2.75) is 19.9 Å². The van der Waals surface area contributed by atoms with E-state index in [0.29, 0.717) is 55.7 Å². The summed E-state index contributed by atoms with van der Waals surface area (Å²) in [5.41, 5.74) is 12.1. The van der Waals surface area contributed by atoms with E-state index in [2.05, 4.69) is 31.6 Å². The van der Waals surface area contributed by atoms with Crippen molar-refractivity contribution < 1.29 is 29.4 Å². The standard InChI is InChI=1S/C33H31N9O6/c1-13-21-25(37-40(3)4)17-11-15(7-9-19(17)34-13)23-27(36-30(21)43)24-16-8-10-20-18(12-16)26(38-41(5)6)22(14(2)35-20)31(44)39-42(28(23)32(45)46)29(24)33(47)48/h7-12,29H,1-6H3,(H,34,37)(H,35,38)(H,36,43)(H,39,44)(H,45,46)(H,47,48). The van der Waals surface area contributed by atoms with Crippen LogP contribution in [-0.4, -0.2) is 93.2 Å². The second-order valence-electron chi connectivity index (χ2n) is 12.2. The smallest absolute Gasteiger partial charge is 0.354 e. The first-order chi connectivity index (χ1) is 22.8. The number of allylic oxidation sites excluding steroid dienone is 1. The highest BCUT2D eigenvalue weighted by Gasteiger charge is 2.46. The zero-order valence-corrected chi connectivity index (χ0v) is 26.8. The van der Waals surface area contributed by atoms with E-state index in [9.17, 15) is 29.4 Å². The van der Waals surface area contributed by atoms with Crippen LogP contribution in [0.3, 0.4) is 0 Å². The third-order valence-electron chi connectivity index (χ3n) is 8.48. The van der Waals surface area contributed by atoms with Gasteiger partial charge in [0, 0.05) is 50.1 Å². The van der Waals surface area contributed by atoms with E-state index < -0.39 is 35.5 Å². The van der Waals surface area contributed by atoms with E-state index in [1.54, 1.807) is 88.5 Å². The molecule has 244 valence electrons. The Labute approximate surface area is 273 Å². The van der Waals surface area contributed by atoms with E-state index in [1.165, 1.54) is 0 Å². The van der Waals surface area contributed by atoms with Crippen molar-refractivity contribution in [2.24, 2.45) is 0 Å². The van der Waals surface area contributed by atoms with Gasteiger partial charge < -0.3 is 26.4 Å². The van der Waals surface area contributed by atoms with E-state index in [-0.39, 0.29) is 28.0 Å². The van der Waals surface area contributed by atoms with E-state index in [4.69, 9.17) is 0 Å². The summed E-state index contributed by atoms with van der Waals surface area (Å²) in [6.07, 6.45) is 0. The van der Waals surface area contributed by atoms with Crippen molar-refractivity contribution >= 4 is 68.1 Å². The van der Waals surface area contributed by atoms with E-state index in [0.717, 1.165) is 5.01 Å². The Morgan fingerprint density at radius 1 is 0.812 bits per heavy atom. The fraction of sp³-hybridized carbons (Fsp3) is 0.212. The second kappa shape index (κ2) is 10.8. The van der Waals surface area contributed by atoms with Crippen molar-refractivity contribution in [2.75, 3.05) is 39.0 Å². The number of carboxylic acid groups (broad SMARTS) is 2. The van der Waals surface area contributed by atoms with Gasteiger partial charge >= 0.3 is 11.9 Å². The Morgan fingerprint density at radius 3 is 1.85 bits per heavy atom. The molecular formula is C33H31N9O6. The van der Waals surface area contributed by atoms with Gasteiger partial charge in [0.1, 0.15) is 0 Å². The number of aromatic nitrogens is 2. The number of rotatable bonds is 6. The monoisotopic (exact) mass is 649 g/mol. The molecule has 3 aliphatic heterocycles. The molecule has 2 aromatic carbocycles. The van der Waals surface area contributed by atoms with Gasteiger partial charge in [0.15, 0.2) is 11.7 Å². The summed E-state index contributed by atoms with van der Waals surface area (Å²) in [7, 11) is 7.01. The molecule has 48 heavy (non-hydrogen) atoms. The first kappa shape index (κ1) is 30.6. The predicted octanol–water partition coefficient (Wildman–Crippen LogP) is 2.55. The van der Waals surface area contributed by atoms with Crippen LogP contribution in [-0.2, 0) is 9.59 Å². The lowest BCUT2D eigenvalue weighted by molar-refractivity contribution is -0.142. The highest BCUT2D eigenvalue weighted by molar-refractivity contribution is 6.17. The molecule has 6 N–H and O–H groups in total. The summed E-state index contributed by atoms with van der Waals surface area (Å²) in [5.74, 6) is -4.40. The molecule has 0 saturated carbocycles. The molecule has 5 heterocycles. The molecule has 15 nitrogen and oxygen atoms in total. The highest BCUT2D eigenvalue weighted by Crippen LogP contribution is 2.45. The summed E-state index contributed by atoms with van der Waals surface area (Å²) in [4.78, 5) is 64.5.